The lowest BCUT2D eigenvalue weighted by Gasteiger charge is -2.24. The van der Waals surface area contributed by atoms with Gasteiger partial charge in [0, 0.05) is 13.1 Å². The summed E-state index contributed by atoms with van der Waals surface area (Å²) in [4.78, 5) is 14.0. The summed E-state index contributed by atoms with van der Waals surface area (Å²) in [5, 5.41) is 0. The number of hydrogen-bond acceptors (Lipinski definition) is 2. The molecule has 0 bridgehead atoms. The van der Waals surface area contributed by atoms with Gasteiger partial charge in [-0.3, -0.25) is 0 Å². The Morgan fingerprint density at radius 1 is 1.19 bits per heavy atom. The molecule has 2 atom stereocenters. The van der Waals surface area contributed by atoms with Crippen molar-refractivity contribution in [2.45, 2.75) is 32.8 Å². The van der Waals surface area contributed by atoms with Crippen LogP contribution < -0.4 is 0 Å². The van der Waals surface area contributed by atoms with Crippen molar-refractivity contribution in [1.82, 2.24) is 4.90 Å². The summed E-state index contributed by atoms with van der Waals surface area (Å²) in [6, 6.07) is 10.5. The van der Waals surface area contributed by atoms with Gasteiger partial charge in [0.15, 0.2) is 0 Å². The number of carbonyl (C=O) groups is 1. The maximum atomic E-state index is 12.1. The second kappa shape index (κ2) is 5.21. The molecule has 0 saturated carbocycles. The van der Waals surface area contributed by atoms with Gasteiger partial charge in [-0.2, -0.15) is 0 Å². The molecule has 0 radical (unpaired) electrons. The highest BCUT2D eigenvalue weighted by atomic mass is 16.6. The second-order valence-electron chi connectivity index (χ2n) is 7.07. The fraction of sp³-hybridized carbons (Fsp3) is 0.500. The van der Waals surface area contributed by atoms with Crippen LogP contribution in [0.4, 0.5) is 4.79 Å². The average molecular weight is 285 g/mol. The minimum absolute atomic E-state index is 0.174. The van der Waals surface area contributed by atoms with E-state index in [1.54, 1.807) is 0 Å². The standard InChI is InChI=1S/C18H23NO2/c1-18(2,3)21-17(20)19-11-15-9-14(10-16(15)12-19)13-7-5-4-6-8-13/h4-9,15-16H,10-12H2,1-3H3/t15-,16+/m0/s1. The molecule has 1 amide bonds. The molecule has 0 unspecified atom stereocenters. The average Bonchev–Trinajstić information content (AvgIpc) is 2.95. The van der Waals surface area contributed by atoms with E-state index in [1.807, 2.05) is 31.7 Å². The summed E-state index contributed by atoms with van der Waals surface area (Å²) in [6.07, 6.45) is 3.24. The van der Waals surface area contributed by atoms with Crippen molar-refractivity contribution in [3.8, 4) is 0 Å². The summed E-state index contributed by atoms with van der Waals surface area (Å²) < 4.78 is 5.46. The van der Waals surface area contributed by atoms with Gasteiger partial charge in [-0.25, -0.2) is 4.79 Å². The van der Waals surface area contributed by atoms with E-state index in [0.717, 1.165) is 19.5 Å². The van der Waals surface area contributed by atoms with Crippen LogP contribution in [0.15, 0.2) is 36.4 Å². The molecule has 1 fully saturated rings. The van der Waals surface area contributed by atoms with E-state index in [-0.39, 0.29) is 6.09 Å². The molecule has 0 aromatic heterocycles. The van der Waals surface area contributed by atoms with Crippen molar-refractivity contribution in [1.29, 1.82) is 0 Å². The SMILES string of the molecule is CC(C)(C)OC(=O)N1C[C@H]2CC(c3ccccc3)=C[C@H]2C1. The fourth-order valence-corrected chi connectivity index (χ4v) is 3.25. The maximum absolute atomic E-state index is 12.1. The van der Waals surface area contributed by atoms with Crippen LogP contribution in [0.3, 0.4) is 0 Å². The summed E-state index contributed by atoms with van der Waals surface area (Å²) in [7, 11) is 0. The Bertz CT molecular complexity index is 556. The number of nitrogens with zero attached hydrogens (tertiary/aromatic N) is 1. The van der Waals surface area contributed by atoms with E-state index in [4.69, 9.17) is 4.74 Å². The Balaban J connectivity index is 1.65. The van der Waals surface area contributed by atoms with Crippen molar-refractivity contribution in [3.05, 3.63) is 42.0 Å². The van der Waals surface area contributed by atoms with Crippen molar-refractivity contribution >= 4 is 11.7 Å². The number of carbonyl (C=O) groups excluding carboxylic acids is 1. The van der Waals surface area contributed by atoms with Crippen molar-refractivity contribution < 1.29 is 9.53 Å². The van der Waals surface area contributed by atoms with E-state index in [2.05, 4.69) is 30.3 Å². The minimum Gasteiger partial charge on any atom is -0.444 e. The first kappa shape index (κ1) is 14.2. The molecular weight excluding hydrogens is 262 g/mol. The van der Waals surface area contributed by atoms with Crippen LogP contribution in [-0.2, 0) is 4.74 Å². The molecular formula is C18H23NO2. The van der Waals surface area contributed by atoms with Crippen molar-refractivity contribution in [2.24, 2.45) is 11.8 Å². The number of rotatable bonds is 1. The smallest absolute Gasteiger partial charge is 0.410 e. The van der Waals surface area contributed by atoms with Crippen LogP contribution in [0.25, 0.3) is 5.57 Å². The van der Waals surface area contributed by atoms with Crippen molar-refractivity contribution in [3.63, 3.8) is 0 Å². The lowest BCUT2D eigenvalue weighted by atomic mass is 9.98. The predicted molar refractivity (Wildman–Crippen MR) is 83.8 cm³/mol. The van der Waals surface area contributed by atoms with E-state index >= 15 is 0 Å². The molecule has 1 aliphatic carbocycles. The third kappa shape index (κ3) is 3.12. The normalized spacial score (nSPS) is 24.7. The molecule has 0 N–H and O–H groups in total. The van der Waals surface area contributed by atoms with Crippen molar-refractivity contribution in [2.75, 3.05) is 13.1 Å². The molecule has 0 spiro atoms. The van der Waals surface area contributed by atoms with Gasteiger partial charge in [0.2, 0.25) is 0 Å². The van der Waals surface area contributed by atoms with Crippen LogP contribution in [0, 0.1) is 11.8 Å². The van der Waals surface area contributed by atoms with Gasteiger partial charge in [-0.05, 0) is 50.2 Å². The molecule has 1 saturated heterocycles. The molecule has 3 rings (SSSR count). The molecule has 3 nitrogen and oxygen atoms in total. The molecule has 1 heterocycles. The zero-order valence-electron chi connectivity index (χ0n) is 13.0. The zero-order chi connectivity index (χ0) is 15.0. The predicted octanol–water partition coefficient (Wildman–Crippen LogP) is 3.96. The van der Waals surface area contributed by atoms with E-state index in [9.17, 15) is 4.79 Å². The molecule has 1 aromatic rings. The number of benzene rings is 1. The van der Waals surface area contributed by atoms with Crippen LogP contribution in [0.1, 0.15) is 32.8 Å². The largest absolute Gasteiger partial charge is 0.444 e. The summed E-state index contributed by atoms with van der Waals surface area (Å²) in [6.45, 7) is 7.34. The first-order valence-electron chi connectivity index (χ1n) is 7.66. The molecule has 2 aliphatic rings. The molecule has 1 aliphatic heterocycles. The number of hydrogen-bond donors (Lipinski definition) is 0. The first-order chi connectivity index (χ1) is 9.92. The molecule has 21 heavy (non-hydrogen) atoms. The van der Waals surface area contributed by atoms with Gasteiger partial charge in [0.05, 0.1) is 0 Å². The highest BCUT2D eigenvalue weighted by Crippen LogP contribution is 2.41. The van der Waals surface area contributed by atoms with E-state index in [0.29, 0.717) is 11.8 Å². The number of ether oxygens (including phenoxy) is 1. The summed E-state index contributed by atoms with van der Waals surface area (Å²) in [5.74, 6) is 1.03. The van der Waals surface area contributed by atoms with Gasteiger partial charge in [0.25, 0.3) is 0 Å². The van der Waals surface area contributed by atoms with Gasteiger partial charge in [0.1, 0.15) is 5.60 Å². The number of fused-ring (bicyclic) bond motifs is 1. The van der Waals surface area contributed by atoms with Crippen LogP contribution in [-0.4, -0.2) is 29.7 Å². The third-order valence-corrected chi connectivity index (χ3v) is 4.19. The Morgan fingerprint density at radius 3 is 2.52 bits per heavy atom. The highest BCUT2D eigenvalue weighted by molar-refractivity contribution is 5.71. The maximum Gasteiger partial charge on any atom is 0.410 e. The minimum atomic E-state index is -0.417. The summed E-state index contributed by atoms with van der Waals surface area (Å²) >= 11 is 0. The lowest BCUT2D eigenvalue weighted by molar-refractivity contribution is 0.0285. The number of amides is 1. The Labute approximate surface area is 126 Å². The van der Waals surface area contributed by atoms with Crippen LogP contribution in [0.5, 0.6) is 0 Å². The second-order valence-corrected chi connectivity index (χ2v) is 7.07. The van der Waals surface area contributed by atoms with E-state index < -0.39 is 5.60 Å². The first-order valence-corrected chi connectivity index (χ1v) is 7.66. The van der Waals surface area contributed by atoms with Gasteiger partial charge < -0.3 is 9.64 Å². The van der Waals surface area contributed by atoms with Gasteiger partial charge >= 0.3 is 6.09 Å². The van der Waals surface area contributed by atoms with Crippen LogP contribution >= 0.6 is 0 Å². The Morgan fingerprint density at radius 2 is 1.90 bits per heavy atom. The lowest BCUT2D eigenvalue weighted by Crippen LogP contribution is -2.35. The third-order valence-electron chi connectivity index (χ3n) is 4.19. The van der Waals surface area contributed by atoms with Gasteiger partial charge in [-0.15, -0.1) is 0 Å². The highest BCUT2D eigenvalue weighted by Gasteiger charge is 2.39. The topological polar surface area (TPSA) is 29.5 Å². The molecule has 1 aromatic carbocycles. The Hall–Kier alpha value is -1.77. The molecule has 112 valence electrons. The summed E-state index contributed by atoms with van der Waals surface area (Å²) in [5.41, 5.74) is 2.32. The fourth-order valence-electron chi connectivity index (χ4n) is 3.25. The zero-order valence-corrected chi connectivity index (χ0v) is 13.0. The number of allylic oxidation sites excluding steroid dienone is 1. The number of likely N-dealkylation sites (tertiary alicyclic amines) is 1. The van der Waals surface area contributed by atoms with Gasteiger partial charge in [-0.1, -0.05) is 36.4 Å². The monoisotopic (exact) mass is 285 g/mol. The van der Waals surface area contributed by atoms with E-state index in [1.165, 1.54) is 11.1 Å². The quantitative estimate of drug-likeness (QED) is 0.781. The molecule has 3 heteroatoms. The Kier molecular flexibility index (Phi) is 3.52. The van der Waals surface area contributed by atoms with Crippen LogP contribution in [0.2, 0.25) is 0 Å².